The fourth-order valence-corrected chi connectivity index (χ4v) is 5.55. The summed E-state index contributed by atoms with van der Waals surface area (Å²) in [6, 6.07) is 14.8. The molecule has 0 saturated carbocycles. The van der Waals surface area contributed by atoms with E-state index >= 15 is 0 Å². The zero-order valence-electron chi connectivity index (χ0n) is 27.5. The average molecular weight is 685 g/mol. The summed E-state index contributed by atoms with van der Waals surface area (Å²) < 4.78 is 16.6. The van der Waals surface area contributed by atoms with Crippen LogP contribution in [-0.2, 0) is 48.0 Å². The Bertz CT molecular complexity index is 1350. The number of hydrogen-bond acceptors (Lipinski definition) is 10. The molecule has 0 aromatic heterocycles. The maximum absolute atomic E-state index is 12.7. The Hall–Kier alpha value is -3.87. The Labute approximate surface area is 286 Å². The van der Waals surface area contributed by atoms with Crippen molar-refractivity contribution in [2.75, 3.05) is 26.4 Å². The third kappa shape index (κ3) is 12.8. The first-order valence-corrected chi connectivity index (χ1v) is 16.5. The summed E-state index contributed by atoms with van der Waals surface area (Å²) in [4.78, 5) is 37.1. The number of ether oxygens (including phenoxy) is 3. The van der Waals surface area contributed by atoms with E-state index in [-0.39, 0.29) is 13.0 Å². The van der Waals surface area contributed by atoms with Crippen LogP contribution in [0.5, 0.6) is 0 Å². The van der Waals surface area contributed by atoms with Gasteiger partial charge in [-0.25, -0.2) is 4.79 Å². The van der Waals surface area contributed by atoms with Crippen LogP contribution in [0.3, 0.4) is 0 Å². The van der Waals surface area contributed by atoms with Gasteiger partial charge < -0.3 is 50.4 Å². The van der Waals surface area contributed by atoms with E-state index in [9.17, 15) is 39.9 Å². The molecular weight excluding hydrogens is 636 g/mol. The first-order chi connectivity index (χ1) is 23.6. The summed E-state index contributed by atoms with van der Waals surface area (Å²) >= 11 is 0. The lowest BCUT2D eigenvalue weighted by Crippen LogP contribution is -2.68. The minimum Gasteiger partial charge on any atom is -0.477 e. The van der Waals surface area contributed by atoms with Gasteiger partial charge in [-0.3, -0.25) is 9.59 Å². The maximum Gasteiger partial charge on any atom is 0.364 e. The number of unbranched alkanes of at least 4 members (excludes halogenated alkanes) is 4. The number of amides is 2. The van der Waals surface area contributed by atoms with Crippen LogP contribution in [0, 0.1) is 12.3 Å². The molecule has 0 aliphatic carbocycles. The van der Waals surface area contributed by atoms with Crippen LogP contribution in [0.1, 0.15) is 55.2 Å². The largest absolute Gasteiger partial charge is 0.477 e. The Kier molecular flexibility index (Phi) is 16.6. The van der Waals surface area contributed by atoms with E-state index < -0.39 is 73.6 Å². The molecular formula is C36H48N2O11. The standard InChI is InChI=1S/C36H48N2O11/c1-2-18-47-19-10-5-3-4-7-11-25-14-16-26(17-15-25)20-30(42)37-22-29(41)33(44)34-32(38-31(43)23-39)28(40)21-36(49-34,35(45)46)48-24-27-12-8-6-9-13-27/h1,6,8-9,12-17,28-29,32-34,39-41,44H,3-5,7,10-11,18-24H2,(H,37,42)(H,38,43)(H,45,46)/t28-,29+,32+,33+,34+,36+/m0/s1. The Morgan fingerprint density at radius 2 is 1.63 bits per heavy atom. The number of carboxylic acids is 1. The van der Waals surface area contributed by atoms with Crippen LogP contribution < -0.4 is 10.6 Å². The van der Waals surface area contributed by atoms with Crippen molar-refractivity contribution in [3.05, 3.63) is 71.3 Å². The monoisotopic (exact) mass is 684 g/mol. The summed E-state index contributed by atoms with van der Waals surface area (Å²) in [6.45, 7) is -0.591. The summed E-state index contributed by atoms with van der Waals surface area (Å²) in [5.41, 5.74) is 2.51. The van der Waals surface area contributed by atoms with Crippen LogP contribution in [-0.4, -0.2) is 106 Å². The molecule has 13 nitrogen and oxygen atoms in total. The number of aliphatic carboxylic acids is 1. The number of carbonyl (C=O) groups is 3. The van der Waals surface area contributed by atoms with E-state index in [4.69, 9.17) is 20.6 Å². The number of nitrogens with one attached hydrogen (secondary N) is 2. The topological polar surface area (TPSA) is 204 Å². The summed E-state index contributed by atoms with van der Waals surface area (Å²) in [7, 11) is 0. The number of carbonyl (C=O) groups excluding carboxylic acids is 2. The molecule has 1 heterocycles. The summed E-state index contributed by atoms with van der Waals surface area (Å²) in [6.07, 6.45) is 3.86. The Morgan fingerprint density at radius 3 is 2.31 bits per heavy atom. The zero-order chi connectivity index (χ0) is 35.6. The van der Waals surface area contributed by atoms with Gasteiger partial charge in [0.25, 0.3) is 5.79 Å². The molecule has 1 saturated heterocycles. The van der Waals surface area contributed by atoms with E-state index in [1.165, 1.54) is 0 Å². The number of aliphatic hydroxyl groups is 4. The second-order valence-electron chi connectivity index (χ2n) is 12.1. The fourth-order valence-electron chi connectivity index (χ4n) is 5.55. The van der Waals surface area contributed by atoms with Crippen LogP contribution in [0.15, 0.2) is 54.6 Å². The predicted octanol–water partition coefficient (Wildman–Crippen LogP) is 0.835. The molecule has 6 atom stereocenters. The summed E-state index contributed by atoms with van der Waals surface area (Å²) in [5.74, 6) is -2.96. The van der Waals surface area contributed by atoms with Crippen LogP contribution in [0.2, 0.25) is 0 Å². The number of carboxylic acid groups (broad SMARTS) is 1. The number of terminal acetylenes is 1. The first-order valence-electron chi connectivity index (χ1n) is 16.5. The number of aliphatic hydroxyl groups excluding tert-OH is 4. The van der Waals surface area contributed by atoms with Gasteiger partial charge in [0.1, 0.15) is 25.4 Å². The summed E-state index contributed by atoms with van der Waals surface area (Å²) in [5, 5.41) is 57.0. The van der Waals surface area contributed by atoms with Gasteiger partial charge in [0, 0.05) is 19.6 Å². The number of hydrogen-bond donors (Lipinski definition) is 7. The van der Waals surface area contributed by atoms with Gasteiger partial charge in [-0.15, -0.1) is 6.42 Å². The molecule has 0 radical (unpaired) electrons. The second-order valence-corrected chi connectivity index (χ2v) is 12.1. The van der Waals surface area contributed by atoms with Crippen molar-refractivity contribution in [2.45, 2.75) is 94.2 Å². The molecule has 2 aromatic rings. The molecule has 0 bridgehead atoms. The molecule has 268 valence electrons. The number of rotatable bonds is 21. The highest BCUT2D eigenvalue weighted by atomic mass is 16.7. The molecule has 0 spiro atoms. The van der Waals surface area contributed by atoms with E-state index in [2.05, 4.69) is 16.6 Å². The Morgan fingerprint density at radius 1 is 0.959 bits per heavy atom. The van der Waals surface area contributed by atoms with Gasteiger partial charge in [-0.05, 0) is 36.0 Å². The average Bonchev–Trinajstić information content (AvgIpc) is 3.10. The van der Waals surface area contributed by atoms with Gasteiger partial charge in [0.05, 0.1) is 31.3 Å². The van der Waals surface area contributed by atoms with Crippen molar-refractivity contribution in [2.24, 2.45) is 0 Å². The van der Waals surface area contributed by atoms with Gasteiger partial charge >= 0.3 is 5.97 Å². The Balaban J connectivity index is 1.53. The van der Waals surface area contributed by atoms with Crippen molar-refractivity contribution in [3.8, 4) is 12.3 Å². The third-order valence-corrected chi connectivity index (χ3v) is 8.25. The zero-order valence-corrected chi connectivity index (χ0v) is 27.5. The first kappa shape index (κ1) is 39.6. The molecule has 1 fully saturated rings. The lowest BCUT2D eigenvalue weighted by atomic mass is 9.88. The number of aryl methyl sites for hydroxylation is 1. The van der Waals surface area contributed by atoms with Gasteiger partial charge in [0.15, 0.2) is 0 Å². The lowest BCUT2D eigenvalue weighted by molar-refractivity contribution is -0.314. The van der Waals surface area contributed by atoms with E-state index in [1.807, 2.05) is 24.3 Å². The third-order valence-electron chi connectivity index (χ3n) is 8.25. The highest BCUT2D eigenvalue weighted by Crippen LogP contribution is 2.34. The molecule has 49 heavy (non-hydrogen) atoms. The molecule has 1 aliphatic rings. The minimum atomic E-state index is -2.45. The molecule has 0 unspecified atom stereocenters. The van der Waals surface area contributed by atoms with Crippen molar-refractivity contribution >= 4 is 17.8 Å². The molecule has 3 rings (SSSR count). The predicted molar refractivity (Wildman–Crippen MR) is 178 cm³/mol. The van der Waals surface area contributed by atoms with Crippen LogP contribution >= 0.6 is 0 Å². The van der Waals surface area contributed by atoms with Crippen molar-refractivity contribution in [3.63, 3.8) is 0 Å². The van der Waals surface area contributed by atoms with E-state index in [1.54, 1.807) is 30.3 Å². The smallest absolute Gasteiger partial charge is 0.364 e. The maximum atomic E-state index is 12.7. The van der Waals surface area contributed by atoms with Crippen molar-refractivity contribution in [1.82, 2.24) is 10.6 Å². The highest BCUT2D eigenvalue weighted by Gasteiger charge is 2.55. The highest BCUT2D eigenvalue weighted by molar-refractivity contribution is 5.79. The second kappa shape index (κ2) is 20.6. The van der Waals surface area contributed by atoms with E-state index in [0.717, 1.165) is 49.7 Å². The fraction of sp³-hybridized carbons (Fsp3) is 0.528. The SMILES string of the molecule is C#CCOCCCCCCCc1ccc(CC(=O)NC[C@@H](O)[C@@H](O)[C@@H]2O[C@@](OCc3ccccc3)(C(=O)O)C[C@H](O)[C@H]2NC(=O)CO)cc1. The normalized spacial score (nSPS) is 21.7. The van der Waals surface area contributed by atoms with Gasteiger partial charge in [0.2, 0.25) is 11.8 Å². The molecule has 2 aromatic carbocycles. The minimum absolute atomic E-state index is 0.00805. The van der Waals surface area contributed by atoms with Crippen molar-refractivity contribution in [1.29, 1.82) is 0 Å². The molecule has 7 N–H and O–H groups in total. The van der Waals surface area contributed by atoms with Gasteiger partial charge in [-0.1, -0.05) is 79.8 Å². The quantitative estimate of drug-likeness (QED) is 0.0725. The molecule has 2 amide bonds. The van der Waals surface area contributed by atoms with Crippen molar-refractivity contribution < 1.29 is 54.1 Å². The van der Waals surface area contributed by atoms with E-state index in [0.29, 0.717) is 18.8 Å². The number of benzene rings is 2. The van der Waals surface area contributed by atoms with Crippen LogP contribution in [0.25, 0.3) is 0 Å². The lowest BCUT2D eigenvalue weighted by Gasteiger charge is -2.46. The molecule has 13 heteroatoms. The molecule has 1 aliphatic heterocycles. The van der Waals surface area contributed by atoms with Gasteiger partial charge in [-0.2, -0.15) is 0 Å². The van der Waals surface area contributed by atoms with Crippen LogP contribution in [0.4, 0.5) is 0 Å².